The summed E-state index contributed by atoms with van der Waals surface area (Å²) in [6, 6.07) is 0.253. The molecule has 0 saturated heterocycles. The van der Waals surface area contributed by atoms with Gasteiger partial charge in [0.05, 0.1) is 22.5 Å². The first-order valence-electron chi connectivity index (χ1n) is 6.17. The van der Waals surface area contributed by atoms with Crippen molar-refractivity contribution in [3.63, 3.8) is 0 Å². The van der Waals surface area contributed by atoms with E-state index in [4.69, 9.17) is 17.3 Å². The Kier molecular flexibility index (Phi) is 4.26. The summed E-state index contributed by atoms with van der Waals surface area (Å²) in [4.78, 5) is 0. The Morgan fingerprint density at radius 3 is 2.18 bits per heavy atom. The maximum Gasteiger partial charge on any atom is 0.0844 e. The van der Waals surface area contributed by atoms with E-state index in [1.165, 1.54) is 0 Å². The number of aryl methyl sites for hydroxylation is 1. The second kappa shape index (κ2) is 4.99. The molecule has 0 aliphatic rings. The molecule has 1 rings (SSSR count). The first-order valence-corrected chi connectivity index (χ1v) is 6.54. The van der Waals surface area contributed by atoms with Crippen molar-refractivity contribution >= 4 is 11.6 Å². The molecule has 0 radical (unpaired) electrons. The molecular weight excluding hydrogens is 234 g/mol. The summed E-state index contributed by atoms with van der Waals surface area (Å²) < 4.78 is 2.01. The summed E-state index contributed by atoms with van der Waals surface area (Å²) in [7, 11) is 0. The van der Waals surface area contributed by atoms with Crippen LogP contribution in [0.4, 0.5) is 0 Å². The van der Waals surface area contributed by atoms with E-state index in [2.05, 4.69) is 32.8 Å². The van der Waals surface area contributed by atoms with Gasteiger partial charge >= 0.3 is 0 Å². The minimum Gasteiger partial charge on any atom is -0.326 e. The molecule has 98 valence electrons. The zero-order chi connectivity index (χ0) is 13.4. The van der Waals surface area contributed by atoms with E-state index in [1.807, 2.05) is 18.5 Å². The zero-order valence-electron chi connectivity index (χ0n) is 11.7. The highest BCUT2D eigenvalue weighted by Gasteiger charge is 2.33. The Hall–Kier alpha value is -0.540. The van der Waals surface area contributed by atoms with Gasteiger partial charge < -0.3 is 5.73 Å². The molecule has 2 unspecified atom stereocenters. The lowest BCUT2D eigenvalue weighted by atomic mass is 9.81. The zero-order valence-corrected chi connectivity index (χ0v) is 12.5. The van der Waals surface area contributed by atoms with Crippen molar-refractivity contribution in [1.82, 2.24) is 9.78 Å². The maximum absolute atomic E-state index is 6.26. The molecule has 2 N–H and O–H groups in total. The van der Waals surface area contributed by atoms with Gasteiger partial charge in [-0.1, -0.05) is 39.3 Å². The number of aromatic nitrogens is 2. The molecule has 1 aromatic rings. The van der Waals surface area contributed by atoms with Crippen LogP contribution in [0.3, 0.4) is 0 Å². The summed E-state index contributed by atoms with van der Waals surface area (Å²) in [6.45, 7) is 12.6. The average Bonchev–Trinajstić information content (AvgIpc) is 2.44. The molecule has 0 spiro atoms. The molecule has 0 fully saturated rings. The molecule has 4 heteroatoms. The number of halogens is 1. The van der Waals surface area contributed by atoms with E-state index < -0.39 is 0 Å². The lowest BCUT2D eigenvalue weighted by molar-refractivity contribution is 0.183. The quantitative estimate of drug-likeness (QED) is 0.901. The summed E-state index contributed by atoms with van der Waals surface area (Å²) in [5.74, 6) is 0. The normalized spacial score (nSPS) is 16.0. The number of nitrogens with zero attached hydrogens (tertiary/aromatic N) is 2. The van der Waals surface area contributed by atoms with Crippen LogP contribution in [0.2, 0.25) is 5.02 Å². The number of hydrogen-bond donors (Lipinski definition) is 1. The highest BCUT2D eigenvalue weighted by Crippen LogP contribution is 2.36. The summed E-state index contributed by atoms with van der Waals surface area (Å²) in [6.07, 6.45) is 0.928. The van der Waals surface area contributed by atoms with Crippen LogP contribution in [0.1, 0.15) is 51.5 Å². The molecule has 3 nitrogen and oxygen atoms in total. The standard InChI is InChI=1S/C13H24ClN3/c1-7-10(15)12(13(4,5)6)17-9(3)11(14)8(2)16-17/h10,12H,7,15H2,1-6H3. The average molecular weight is 258 g/mol. The van der Waals surface area contributed by atoms with E-state index >= 15 is 0 Å². The predicted octanol–water partition coefficient (Wildman–Crippen LogP) is 3.48. The van der Waals surface area contributed by atoms with Crippen LogP contribution < -0.4 is 5.73 Å². The second-order valence-electron chi connectivity index (χ2n) is 5.81. The molecule has 0 saturated carbocycles. The third kappa shape index (κ3) is 2.83. The molecule has 0 aliphatic carbocycles. The topological polar surface area (TPSA) is 43.8 Å². The van der Waals surface area contributed by atoms with E-state index in [0.29, 0.717) is 0 Å². The third-order valence-electron chi connectivity index (χ3n) is 3.26. The molecule has 0 amide bonds. The molecule has 0 aliphatic heterocycles. The van der Waals surface area contributed by atoms with Crippen molar-refractivity contribution in [1.29, 1.82) is 0 Å². The molecule has 0 bridgehead atoms. The third-order valence-corrected chi connectivity index (χ3v) is 3.81. The smallest absolute Gasteiger partial charge is 0.0844 e. The van der Waals surface area contributed by atoms with Gasteiger partial charge in [-0.25, -0.2) is 0 Å². The monoisotopic (exact) mass is 257 g/mol. The molecule has 1 heterocycles. The van der Waals surface area contributed by atoms with Crippen LogP contribution in [-0.2, 0) is 0 Å². The molecule has 0 aromatic carbocycles. The first kappa shape index (κ1) is 14.5. The molecule has 2 atom stereocenters. The fraction of sp³-hybridized carbons (Fsp3) is 0.769. The minimum absolute atomic E-state index is 0.0575. The fourth-order valence-corrected chi connectivity index (χ4v) is 2.45. The van der Waals surface area contributed by atoms with Crippen molar-refractivity contribution in [2.45, 2.75) is 60.0 Å². The minimum atomic E-state index is 0.0575. The number of nitrogens with two attached hydrogens (primary N) is 1. The molecule has 17 heavy (non-hydrogen) atoms. The number of hydrogen-bond acceptors (Lipinski definition) is 2. The SMILES string of the molecule is CCC(N)C(n1nc(C)c(Cl)c1C)C(C)(C)C. The van der Waals surface area contributed by atoms with Crippen molar-refractivity contribution in [3.05, 3.63) is 16.4 Å². The van der Waals surface area contributed by atoms with E-state index in [1.54, 1.807) is 0 Å². The Bertz CT molecular complexity index is 390. The second-order valence-corrected chi connectivity index (χ2v) is 6.19. The highest BCUT2D eigenvalue weighted by molar-refractivity contribution is 6.31. The van der Waals surface area contributed by atoms with Gasteiger partial charge in [0.15, 0.2) is 0 Å². The fourth-order valence-electron chi connectivity index (χ4n) is 2.33. The van der Waals surface area contributed by atoms with Crippen LogP contribution in [0, 0.1) is 19.3 Å². The summed E-state index contributed by atoms with van der Waals surface area (Å²) >= 11 is 6.22. The Morgan fingerprint density at radius 2 is 1.88 bits per heavy atom. The van der Waals surface area contributed by atoms with Crippen LogP contribution in [-0.4, -0.2) is 15.8 Å². The summed E-state index contributed by atoms with van der Waals surface area (Å²) in [5.41, 5.74) is 8.20. The molecular formula is C13H24ClN3. The summed E-state index contributed by atoms with van der Waals surface area (Å²) in [5, 5.41) is 5.30. The van der Waals surface area contributed by atoms with E-state index in [9.17, 15) is 0 Å². The van der Waals surface area contributed by atoms with Gasteiger partial charge in [0.25, 0.3) is 0 Å². The van der Waals surface area contributed by atoms with E-state index in [-0.39, 0.29) is 17.5 Å². The van der Waals surface area contributed by atoms with Gasteiger partial charge in [0.1, 0.15) is 0 Å². The van der Waals surface area contributed by atoms with Gasteiger partial charge in [0.2, 0.25) is 0 Å². The largest absolute Gasteiger partial charge is 0.326 e. The van der Waals surface area contributed by atoms with Crippen LogP contribution in [0.25, 0.3) is 0 Å². The molecule has 1 aromatic heterocycles. The van der Waals surface area contributed by atoms with Crippen molar-refractivity contribution < 1.29 is 0 Å². The van der Waals surface area contributed by atoms with Crippen molar-refractivity contribution in [2.24, 2.45) is 11.1 Å². The Labute approximate surface area is 109 Å². The van der Waals surface area contributed by atoms with Gasteiger partial charge in [-0.15, -0.1) is 0 Å². The predicted molar refractivity (Wildman–Crippen MR) is 73.5 cm³/mol. The first-order chi connectivity index (χ1) is 7.70. The Balaban J connectivity index is 3.28. The van der Waals surface area contributed by atoms with Crippen molar-refractivity contribution in [3.8, 4) is 0 Å². The number of rotatable bonds is 3. The lowest BCUT2D eigenvalue weighted by Gasteiger charge is -2.36. The maximum atomic E-state index is 6.26. The van der Waals surface area contributed by atoms with Gasteiger partial charge in [0, 0.05) is 6.04 Å². The Morgan fingerprint density at radius 1 is 1.35 bits per heavy atom. The van der Waals surface area contributed by atoms with Crippen LogP contribution in [0.5, 0.6) is 0 Å². The van der Waals surface area contributed by atoms with Gasteiger partial charge in [-0.3, -0.25) is 4.68 Å². The van der Waals surface area contributed by atoms with Crippen molar-refractivity contribution in [2.75, 3.05) is 0 Å². The lowest BCUT2D eigenvalue weighted by Crippen LogP contribution is -2.40. The van der Waals surface area contributed by atoms with E-state index in [0.717, 1.165) is 22.8 Å². The van der Waals surface area contributed by atoms with Crippen LogP contribution >= 0.6 is 11.6 Å². The van der Waals surface area contributed by atoms with Gasteiger partial charge in [-0.2, -0.15) is 5.10 Å². The highest BCUT2D eigenvalue weighted by atomic mass is 35.5. The van der Waals surface area contributed by atoms with Gasteiger partial charge in [-0.05, 0) is 25.7 Å². The van der Waals surface area contributed by atoms with Crippen LogP contribution in [0.15, 0.2) is 0 Å².